The number of hydrogen-bond acceptors (Lipinski definition) is 6. The summed E-state index contributed by atoms with van der Waals surface area (Å²) < 4.78 is 5.13. The van der Waals surface area contributed by atoms with E-state index >= 15 is 0 Å². The van der Waals surface area contributed by atoms with Crippen LogP contribution in [0.15, 0.2) is 54.6 Å². The molecule has 0 aromatic heterocycles. The minimum atomic E-state index is -0.502. The first-order valence-electron chi connectivity index (χ1n) is 8.34. The third kappa shape index (κ3) is 2.96. The van der Waals surface area contributed by atoms with E-state index in [2.05, 4.69) is 10.6 Å². The van der Waals surface area contributed by atoms with Gasteiger partial charge in [0.05, 0.1) is 34.7 Å². The number of anilines is 3. The molecular weight excluding hydrogens is 362 g/mol. The number of rotatable bonds is 3. The molecule has 0 saturated heterocycles. The van der Waals surface area contributed by atoms with E-state index in [4.69, 9.17) is 4.74 Å². The van der Waals surface area contributed by atoms with Crippen molar-refractivity contribution in [2.24, 2.45) is 0 Å². The quantitative estimate of drug-likeness (QED) is 0.356. The fourth-order valence-corrected chi connectivity index (χ4v) is 3.11. The zero-order chi connectivity index (χ0) is 19.8. The first-order valence-corrected chi connectivity index (χ1v) is 8.34. The number of phenolic OH excluding ortho intramolecular Hbond substituents is 1. The molecule has 0 aliphatic carbocycles. The normalized spacial score (nSPS) is 12.1. The van der Waals surface area contributed by atoms with Gasteiger partial charge in [0, 0.05) is 12.1 Å². The van der Waals surface area contributed by atoms with Crippen molar-refractivity contribution in [3.05, 3.63) is 70.3 Å². The number of nitrogens with one attached hydrogen (secondary N) is 2. The van der Waals surface area contributed by atoms with Crippen LogP contribution in [-0.4, -0.2) is 23.0 Å². The molecule has 140 valence electrons. The first-order chi connectivity index (χ1) is 13.5. The summed E-state index contributed by atoms with van der Waals surface area (Å²) in [4.78, 5) is 23.1. The minimum absolute atomic E-state index is 0.0467. The number of methoxy groups -OCH3 is 1. The molecule has 1 amide bonds. The van der Waals surface area contributed by atoms with Gasteiger partial charge in [-0.15, -0.1) is 0 Å². The predicted molar refractivity (Wildman–Crippen MR) is 104 cm³/mol. The van der Waals surface area contributed by atoms with Gasteiger partial charge in [-0.3, -0.25) is 14.9 Å². The van der Waals surface area contributed by atoms with Gasteiger partial charge < -0.3 is 20.5 Å². The topological polar surface area (TPSA) is 114 Å². The molecule has 8 nitrogen and oxygen atoms in total. The molecule has 0 spiro atoms. The Labute approximate surface area is 159 Å². The van der Waals surface area contributed by atoms with Gasteiger partial charge in [0.2, 0.25) is 0 Å². The van der Waals surface area contributed by atoms with E-state index in [1.807, 2.05) is 0 Å². The third-order valence-electron chi connectivity index (χ3n) is 4.49. The number of benzene rings is 3. The highest BCUT2D eigenvalue weighted by Crippen LogP contribution is 2.37. The minimum Gasteiger partial charge on any atom is -0.508 e. The van der Waals surface area contributed by atoms with E-state index in [1.54, 1.807) is 36.4 Å². The zero-order valence-corrected chi connectivity index (χ0v) is 14.7. The summed E-state index contributed by atoms with van der Waals surface area (Å²) in [5.41, 5.74) is 3.48. The molecule has 1 aliphatic heterocycles. The summed E-state index contributed by atoms with van der Waals surface area (Å²) in [6.45, 7) is 0. The molecule has 28 heavy (non-hydrogen) atoms. The van der Waals surface area contributed by atoms with Crippen LogP contribution < -0.4 is 15.4 Å². The Morgan fingerprint density at radius 2 is 1.68 bits per heavy atom. The Morgan fingerprint density at radius 1 is 0.929 bits per heavy atom. The maximum absolute atomic E-state index is 12.5. The number of carbonyl (C=O) groups is 1. The highest BCUT2D eigenvalue weighted by Gasteiger charge is 2.21. The van der Waals surface area contributed by atoms with Crippen LogP contribution in [0.2, 0.25) is 0 Å². The van der Waals surface area contributed by atoms with E-state index in [1.165, 1.54) is 25.3 Å². The van der Waals surface area contributed by atoms with Crippen molar-refractivity contribution in [3.8, 4) is 22.6 Å². The van der Waals surface area contributed by atoms with Crippen LogP contribution in [0.25, 0.3) is 11.1 Å². The second-order valence-corrected chi connectivity index (χ2v) is 6.21. The van der Waals surface area contributed by atoms with Crippen molar-refractivity contribution in [3.63, 3.8) is 0 Å². The average Bonchev–Trinajstić information content (AvgIpc) is 2.82. The smallest absolute Gasteiger partial charge is 0.310 e. The van der Waals surface area contributed by atoms with E-state index in [9.17, 15) is 20.0 Å². The Hall–Kier alpha value is -4.07. The zero-order valence-electron chi connectivity index (χ0n) is 14.7. The molecule has 0 saturated carbocycles. The van der Waals surface area contributed by atoms with Crippen molar-refractivity contribution in [2.75, 3.05) is 17.7 Å². The van der Waals surface area contributed by atoms with Crippen molar-refractivity contribution in [1.29, 1.82) is 0 Å². The van der Waals surface area contributed by atoms with Crippen LogP contribution in [0.3, 0.4) is 0 Å². The van der Waals surface area contributed by atoms with Gasteiger partial charge in [0.15, 0.2) is 5.75 Å². The number of nitro groups is 1. The fourth-order valence-electron chi connectivity index (χ4n) is 3.11. The lowest BCUT2D eigenvalue weighted by Gasteiger charge is -2.11. The molecule has 0 fully saturated rings. The van der Waals surface area contributed by atoms with Gasteiger partial charge >= 0.3 is 5.69 Å². The van der Waals surface area contributed by atoms with Crippen LogP contribution in [0.4, 0.5) is 22.7 Å². The van der Waals surface area contributed by atoms with Crippen molar-refractivity contribution in [1.82, 2.24) is 0 Å². The van der Waals surface area contributed by atoms with E-state index in [0.717, 1.165) is 5.56 Å². The highest BCUT2D eigenvalue weighted by molar-refractivity contribution is 6.12. The Balaban J connectivity index is 1.78. The van der Waals surface area contributed by atoms with Crippen LogP contribution >= 0.6 is 0 Å². The van der Waals surface area contributed by atoms with Crippen LogP contribution in [0.1, 0.15) is 10.4 Å². The summed E-state index contributed by atoms with van der Waals surface area (Å²) in [6, 6.07) is 14.5. The Morgan fingerprint density at radius 3 is 2.43 bits per heavy atom. The highest BCUT2D eigenvalue weighted by atomic mass is 16.6. The van der Waals surface area contributed by atoms with E-state index < -0.39 is 4.92 Å². The van der Waals surface area contributed by atoms with Gasteiger partial charge in [-0.1, -0.05) is 6.07 Å². The molecule has 0 atom stereocenters. The molecule has 3 aromatic carbocycles. The molecule has 3 N–H and O–H groups in total. The summed E-state index contributed by atoms with van der Waals surface area (Å²) >= 11 is 0. The summed E-state index contributed by atoms with van der Waals surface area (Å²) in [5, 5.41) is 26.7. The largest absolute Gasteiger partial charge is 0.508 e. The lowest BCUT2D eigenvalue weighted by molar-refractivity contribution is -0.385. The summed E-state index contributed by atoms with van der Waals surface area (Å²) in [6.07, 6.45) is 0. The Kier molecular flexibility index (Phi) is 4.08. The molecule has 8 heteroatoms. The average molecular weight is 377 g/mol. The second-order valence-electron chi connectivity index (χ2n) is 6.21. The van der Waals surface area contributed by atoms with E-state index in [-0.39, 0.29) is 23.1 Å². The number of amides is 1. The number of ether oxygens (including phenoxy) is 1. The molecular formula is C20H15N3O5. The fraction of sp³-hybridized carbons (Fsp3) is 0.0500. The second kappa shape index (κ2) is 6.58. The van der Waals surface area contributed by atoms with Gasteiger partial charge in [-0.25, -0.2) is 0 Å². The SMILES string of the molecule is COc1cc(-c2ccc3c(c2)Nc2ccc(O)cc2NC3=O)ccc1[N+](=O)[O-]. The van der Waals surface area contributed by atoms with Gasteiger partial charge in [-0.2, -0.15) is 0 Å². The first kappa shape index (κ1) is 17.3. The van der Waals surface area contributed by atoms with Gasteiger partial charge in [0.1, 0.15) is 5.75 Å². The lowest BCUT2D eigenvalue weighted by atomic mass is 10.0. The monoisotopic (exact) mass is 377 g/mol. The van der Waals surface area contributed by atoms with Crippen LogP contribution in [-0.2, 0) is 0 Å². The van der Waals surface area contributed by atoms with E-state index in [0.29, 0.717) is 28.2 Å². The maximum Gasteiger partial charge on any atom is 0.310 e. The van der Waals surface area contributed by atoms with Crippen LogP contribution in [0.5, 0.6) is 11.5 Å². The third-order valence-corrected chi connectivity index (χ3v) is 4.49. The number of aromatic hydroxyl groups is 1. The van der Waals surface area contributed by atoms with Crippen LogP contribution in [0, 0.1) is 10.1 Å². The van der Waals surface area contributed by atoms with Crippen molar-refractivity contribution < 1.29 is 19.6 Å². The summed E-state index contributed by atoms with van der Waals surface area (Å²) in [7, 11) is 1.38. The number of hydrogen-bond donors (Lipinski definition) is 3. The Bertz CT molecular complexity index is 1130. The summed E-state index contributed by atoms with van der Waals surface area (Å²) in [5.74, 6) is -0.103. The van der Waals surface area contributed by atoms with Crippen molar-refractivity contribution in [2.45, 2.75) is 0 Å². The molecule has 1 heterocycles. The molecule has 1 aliphatic rings. The standard InChI is InChI=1S/C20H15N3O5/c1-28-19-9-12(3-7-18(19)23(26)27)11-2-5-14-16(8-11)21-15-6-4-13(24)10-17(15)22-20(14)25/h2-10,21,24H,1H3,(H,22,25). The number of nitro benzene ring substituents is 1. The molecule has 3 aromatic rings. The lowest BCUT2D eigenvalue weighted by Crippen LogP contribution is -2.10. The van der Waals surface area contributed by atoms with Gasteiger partial charge in [-0.05, 0) is 47.5 Å². The predicted octanol–water partition coefficient (Wildman–Crippen LogP) is 4.29. The molecule has 4 rings (SSSR count). The molecule has 0 unspecified atom stereocenters. The molecule has 0 radical (unpaired) electrons. The number of fused-ring (bicyclic) bond motifs is 2. The van der Waals surface area contributed by atoms with Gasteiger partial charge in [0.25, 0.3) is 5.91 Å². The number of nitrogens with zero attached hydrogens (tertiary/aromatic N) is 1. The molecule has 0 bridgehead atoms. The van der Waals surface area contributed by atoms with Crippen molar-refractivity contribution >= 4 is 28.7 Å². The maximum atomic E-state index is 12.5. The number of carbonyl (C=O) groups excluding carboxylic acids is 1. The number of phenols is 1.